The molecule has 0 aromatic heterocycles. The number of unbranched alkanes of at least 4 members (excludes halogenated alkanes) is 2. The van der Waals surface area contributed by atoms with Crippen molar-refractivity contribution in [2.24, 2.45) is 0 Å². The molecule has 0 fully saturated rings. The average molecular weight is 264 g/mol. The van der Waals surface area contributed by atoms with Crippen LogP contribution in [0.25, 0.3) is 0 Å². The Morgan fingerprint density at radius 2 is 1.84 bits per heavy atom. The van der Waals surface area contributed by atoms with Crippen LogP contribution in [0.2, 0.25) is 0 Å². The Morgan fingerprint density at radius 3 is 2.53 bits per heavy atom. The molecule has 0 aliphatic heterocycles. The predicted octanol–water partition coefficient (Wildman–Crippen LogP) is 2.54. The number of carbonyl (C=O) groups is 2. The highest BCUT2D eigenvalue weighted by molar-refractivity contribution is 5.89. The molecule has 5 nitrogen and oxygen atoms in total. The summed E-state index contributed by atoms with van der Waals surface area (Å²) in [5, 5.41) is 5.50. The van der Waals surface area contributed by atoms with E-state index in [-0.39, 0.29) is 12.0 Å². The third-order valence-electron chi connectivity index (χ3n) is 2.60. The molecule has 0 heterocycles. The number of carbonyl (C=O) groups excluding carboxylic acids is 2. The van der Waals surface area contributed by atoms with Gasteiger partial charge in [-0.15, -0.1) is 0 Å². The number of para-hydroxylation sites is 1. The van der Waals surface area contributed by atoms with Crippen LogP contribution in [0.4, 0.5) is 10.5 Å². The van der Waals surface area contributed by atoms with Gasteiger partial charge in [-0.05, 0) is 25.0 Å². The number of hydrogen-bond donors (Lipinski definition) is 2. The van der Waals surface area contributed by atoms with E-state index in [2.05, 4.69) is 15.4 Å². The lowest BCUT2D eigenvalue weighted by atomic mass is 10.2. The van der Waals surface area contributed by atoms with Crippen molar-refractivity contribution in [3.63, 3.8) is 0 Å². The van der Waals surface area contributed by atoms with Crippen molar-refractivity contribution < 1.29 is 14.3 Å². The second-order valence-corrected chi connectivity index (χ2v) is 4.13. The molecule has 0 bridgehead atoms. The molecule has 0 saturated carbocycles. The standard InChI is InChI=1S/C14H20N2O3/c1-19-13(17)10-6-3-7-11-15-14(18)16-12-8-4-2-5-9-12/h2,4-5,8-9H,3,6-7,10-11H2,1H3,(H2,15,16,18). The van der Waals surface area contributed by atoms with Gasteiger partial charge in [-0.25, -0.2) is 4.79 Å². The molecule has 1 aromatic rings. The predicted molar refractivity (Wildman–Crippen MR) is 73.9 cm³/mol. The zero-order valence-electron chi connectivity index (χ0n) is 11.1. The summed E-state index contributed by atoms with van der Waals surface area (Å²) in [6, 6.07) is 9.07. The molecule has 0 aliphatic rings. The molecule has 0 atom stereocenters. The number of urea groups is 1. The van der Waals surface area contributed by atoms with Crippen LogP contribution in [0.3, 0.4) is 0 Å². The molecule has 0 saturated heterocycles. The van der Waals surface area contributed by atoms with Gasteiger partial charge in [0.15, 0.2) is 0 Å². The first-order valence-electron chi connectivity index (χ1n) is 6.39. The molecule has 2 N–H and O–H groups in total. The van der Waals surface area contributed by atoms with Crippen LogP contribution in [-0.2, 0) is 9.53 Å². The van der Waals surface area contributed by atoms with Crippen molar-refractivity contribution in [1.29, 1.82) is 0 Å². The van der Waals surface area contributed by atoms with E-state index in [1.165, 1.54) is 7.11 Å². The number of ether oxygens (including phenoxy) is 1. The molecular weight excluding hydrogens is 244 g/mol. The van der Waals surface area contributed by atoms with E-state index in [0.717, 1.165) is 24.9 Å². The van der Waals surface area contributed by atoms with E-state index in [9.17, 15) is 9.59 Å². The summed E-state index contributed by atoms with van der Waals surface area (Å²) < 4.78 is 4.54. The Kier molecular flexibility index (Phi) is 7.09. The summed E-state index contributed by atoms with van der Waals surface area (Å²) in [6.07, 6.45) is 2.96. The molecule has 19 heavy (non-hydrogen) atoms. The number of benzene rings is 1. The van der Waals surface area contributed by atoms with Gasteiger partial charge >= 0.3 is 12.0 Å². The maximum Gasteiger partial charge on any atom is 0.319 e. The Bertz CT molecular complexity index is 393. The highest BCUT2D eigenvalue weighted by atomic mass is 16.5. The Balaban J connectivity index is 2.03. The maximum atomic E-state index is 11.5. The van der Waals surface area contributed by atoms with E-state index in [0.29, 0.717) is 13.0 Å². The van der Waals surface area contributed by atoms with Gasteiger partial charge in [0.2, 0.25) is 0 Å². The van der Waals surface area contributed by atoms with E-state index in [1.54, 1.807) is 0 Å². The number of nitrogens with one attached hydrogen (secondary N) is 2. The number of hydrogen-bond acceptors (Lipinski definition) is 3. The summed E-state index contributed by atoms with van der Waals surface area (Å²) in [7, 11) is 1.39. The minimum atomic E-state index is -0.209. The van der Waals surface area contributed by atoms with E-state index in [1.807, 2.05) is 30.3 Å². The molecule has 0 radical (unpaired) electrons. The van der Waals surface area contributed by atoms with Crippen LogP contribution in [-0.4, -0.2) is 25.7 Å². The van der Waals surface area contributed by atoms with Crippen LogP contribution < -0.4 is 10.6 Å². The monoisotopic (exact) mass is 264 g/mol. The quantitative estimate of drug-likeness (QED) is 0.587. The van der Waals surface area contributed by atoms with Crippen molar-refractivity contribution in [2.45, 2.75) is 25.7 Å². The first-order chi connectivity index (χ1) is 9.22. The van der Waals surface area contributed by atoms with Crippen molar-refractivity contribution in [3.05, 3.63) is 30.3 Å². The summed E-state index contributed by atoms with van der Waals surface area (Å²) in [5.41, 5.74) is 0.769. The molecule has 5 heteroatoms. The summed E-state index contributed by atoms with van der Waals surface area (Å²) in [4.78, 5) is 22.4. The van der Waals surface area contributed by atoms with Crippen LogP contribution >= 0.6 is 0 Å². The van der Waals surface area contributed by atoms with Gasteiger partial charge in [0.1, 0.15) is 0 Å². The van der Waals surface area contributed by atoms with Crippen LogP contribution in [0.5, 0.6) is 0 Å². The molecule has 1 rings (SSSR count). The largest absolute Gasteiger partial charge is 0.469 e. The third kappa shape index (κ3) is 7.08. The second kappa shape index (κ2) is 8.97. The number of anilines is 1. The normalized spacial score (nSPS) is 9.74. The first kappa shape index (κ1) is 15.0. The van der Waals surface area contributed by atoms with Gasteiger partial charge in [-0.3, -0.25) is 4.79 Å². The lowest BCUT2D eigenvalue weighted by Gasteiger charge is -2.07. The fourth-order valence-electron chi connectivity index (χ4n) is 1.57. The van der Waals surface area contributed by atoms with Crippen molar-refractivity contribution in [2.75, 3.05) is 19.0 Å². The fourth-order valence-corrected chi connectivity index (χ4v) is 1.57. The van der Waals surface area contributed by atoms with E-state index in [4.69, 9.17) is 0 Å². The Labute approximate surface area is 113 Å². The lowest BCUT2D eigenvalue weighted by Crippen LogP contribution is -2.29. The van der Waals surface area contributed by atoms with Crippen LogP contribution in [0.1, 0.15) is 25.7 Å². The first-order valence-corrected chi connectivity index (χ1v) is 6.39. The summed E-state index contributed by atoms with van der Waals surface area (Å²) >= 11 is 0. The number of methoxy groups -OCH3 is 1. The topological polar surface area (TPSA) is 67.4 Å². The highest BCUT2D eigenvalue weighted by Gasteiger charge is 2.01. The van der Waals surface area contributed by atoms with Crippen molar-refractivity contribution in [1.82, 2.24) is 5.32 Å². The highest BCUT2D eigenvalue weighted by Crippen LogP contribution is 2.04. The smallest absolute Gasteiger partial charge is 0.319 e. The average Bonchev–Trinajstić information content (AvgIpc) is 2.43. The minimum Gasteiger partial charge on any atom is -0.469 e. The van der Waals surface area contributed by atoms with Crippen LogP contribution in [0.15, 0.2) is 30.3 Å². The van der Waals surface area contributed by atoms with E-state index >= 15 is 0 Å². The second-order valence-electron chi connectivity index (χ2n) is 4.13. The molecule has 104 valence electrons. The summed E-state index contributed by atoms with van der Waals surface area (Å²) in [6.45, 7) is 0.597. The van der Waals surface area contributed by atoms with Crippen molar-refractivity contribution in [3.8, 4) is 0 Å². The van der Waals surface area contributed by atoms with Gasteiger partial charge in [0.05, 0.1) is 7.11 Å². The van der Waals surface area contributed by atoms with Gasteiger partial charge in [0.25, 0.3) is 0 Å². The fraction of sp³-hybridized carbons (Fsp3) is 0.429. The van der Waals surface area contributed by atoms with Gasteiger partial charge in [-0.1, -0.05) is 24.6 Å². The minimum absolute atomic E-state index is 0.185. The third-order valence-corrected chi connectivity index (χ3v) is 2.60. The number of esters is 1. The molecular formula is C14H20N2O3. The maximum absolute atomic E-state index is 11.5. The number of rotatable bonds is 7. The van der Waals surface area contributed by atoms with Gasteiger partial charge in [0, 0.05) is 18.7 Å². The Hall–Kier alpha value is -2.04. The lowest BCUT2D eigenvalue weighted by molar-refractivity contribution is -0.140. The molecule has 0 aliphatic carbocycles. The Morgan fingerprint density at radius 1 is 1.11 bits per heavy atom. The zero-order chi connectivity index (χ0) is 13.9. The molecule has 0 spiro atoms. The molecule has 1 aromatic carbocycles. The molecule has 2 amide bonds. The molecule has 0 unspecified atom stereocenters. The number of amides is 2. The summed E-state index contributed by atoms with van der Waals surface area (Å²) in [5.74, 6) is -0.185. The SMILES string of the molecule is COC(=O)CCCCCNC(=O)Nc1ccccc1. The zero-order valence-corrected chi connectivity index (χ0v) is 11.1. The van der Waals surface area contributed by atoms with E-state index < -0.39 is 0 Å². The van der Waals surface area contributed by atoms with Crippen molar-refractivity contribution >= 4 is 17.7 Å². The van der Waals surface area contributed by atoms with Gasteiger partial charge in [-0.2, -0.15) is 0 Å². The van der Waals surface area contributed by atoms with Gasteiger partial charge < -0.3 is 15.4 Å². The van der Waals surface area contributed by atoms with Crippen LogP contribution in [0, 0.1) is 0 Å².